The van der Waals surface area contributed by atoms with Crippen LogP contribution in [0.25, 0.3) is 32.9 Å². The van der Waals surface area contributed by atoms with Crippen LogP contribution in [0.4, 0.5) is 4.39 Å². The Balaban J connectivity index is 1.51. The summed E-state index contributed by atoms with van der Waals surface area (Å²) in [5.41, 5.74) is 4.54. The van der Waals surface area contributed by atoms with Crippen LogP contribution >= 0.6 is 11.3 Å². The van der Waals surface area contributed by atoms with Gasteiger partial charge in [0.05, 0.1) is 5.69 Å². The lowest BCUT2D eigenvalue weighted by atomic mass is 10.0. The van der Waals surface area contributed by atoms with Gasteiger partial charge in [-0.2, -0.15) is 0 Å². The summed E-state index contributed by atoms with van der Waals surface area (Å²) in [7, 11) is 0. The number of aliphatic carboxylic acids is 1. The molecule has 0 unspecified atom stereocenters. The van der Waals surface area contributed by atoms with Crippen molar-refractivity contribution in [1.29, 1.82) is 0 Å². The molecule has 1 aliphatic carbocycles. The Kier molecular flexibility index (Phi) is 4.87. The average molecular weight is 421 g/mol. The van der Waals surface area contributed by atoms with E-state index in [0.29, 0.717) is 24.2 Å². The monoisotopic (exact) mass is 421 g/mol. The summed E-state index contributed by atoms with van der Waals surface area (Å²) < 4.78 is 20.2. The third-order valence-corrected chi connectivity index (χ3v) is 6.70. The van der Waals surface area contributed by atoms with Gasteiger partial charge in [0.15, 0.2) is 0 Å². The first-order chi connectivity index (χ1) is 14.6. The van der Waals surface area contributed by atoms with E-state index in [0.717, 1.165) is 46.4 Å². The van der Waals surface area contributed by atoms with Crippen molar-refractivity contribution in [3.63, 3.8) is 0 Å². The highest BCUT2D eigenvalue weighted by atomic mass is 32.1. The van der Waals surface area contributed by atoms with Crippen LogP contribution in [0.15, 0.2) is 46.9 Å². The van der Waals surface area contributed by atoms with E-state index in [-0.39, 0.29) is 12.2 Å². The SMILES string of the molecule is O=C(O)CCCc1ccc2oc(-c3cc(F)ccc3-c3nc4c(s3)CCC4)cc2c1. The largest absolute Gasteiger partial charge is 0.481 e. The minimum Gasteiger partial charge on any atom is -0.481 e. The molecule has 0 saturated heterocycles. The topological polar surface area (TPSA) is 63.3 Å². The maximum Gasteiger partial charge on any atom is 0.303 e. The lowest BCUT2D eigenvalue weighted by Crippen LogP contribution is -1.95. The maximum absolute atomic E-state index is 14.1. The van der Waals surface area contributed by atoms with Gasteiger partial charge in [0.25, 0.3) is 0 Å². The smallest absolute Gasteiger partial charge is 0.303 e. The summed E-state index contributed by atoms with van der Waals surface area (Å²) >= 11 is 1.69. The first-order valence-electron chi connectivity index (χ1n) is 10.1. The molecule has 0 radical (unpaired) electrons. The molecule has 0 amide bonds. The van der Waals surface area contributed by atoms with Crippen molar-refractivity contribution < 1.29 is 18.7 Å². The summed E-state index contributed by atoms with van der Waals surface area (Å²) in [5, 5.41) is 10.7. The minimum atomic E-state index is -0.784. The standard InChI is InChI=1S/C24H20FNO3S/c25-16-8-9-17(24-26-19-4-2-5-22(19)30-24)18(13-16)21-12-15-11-14(3-1-6-23(27)28)7-10-20(15)29-21/h7-13H,1-6H2,(H,27,28). The van der Waals surface area contributed by atoms with Gasteiger partial charge in [-0.25, -0.2) is 9.37 Å². The van der Waals surface area contributed by atoms with E-state index in [1.54, 1.807) is 17.4 Å². The van der Waals surface area contributed by atoms with Crippen molar-refractivity contribution in [3.05, 3.63) is 64.4 Å². The zero-order valence-corrected chi connectivity index (χ0v) is 17.1. The molecule has 4 nitrogen and oxygen atoms in total. The van der Waals surface area contributed by atoms with Crippen LogP contribution in [0.1, 0.15) is 35.4 Å². The molecule has 0 bridgehead atoms. The van der Waals surface area contributed by atoms with Gasteiger partial charge in [-0.1, -0.05) is 6.07 Å². The number of hydrogen-bond donors (Lipinski definition) is 1. The molecule has 6 heteroatoms. The fourth-order valence-electron chi connectivity index (χ4n) is 4.04. The normalized spacial score (nSPS) is 13.1. The van der Waals surface area contributed by atoms with Crippen molar-refractivity contribution in [2.75, 3.05) is 0 Å². The number of thiazole rings is 1. The predicted molar refractivity (Wildman–Crippen MR) is 115 cm³/mol. The molecular formula is C24H20FNO3S. The first-order valence-corrected chi connectivity index (χ1v) is 10.9. The number of nitrogens with zero attached hydrogens (tertiary/aromatic N) is 1. The van der Waals surface area contributed by atoms with Crippen LogP contribution in [0.2, 0.25) is 0 Å². The number of fused-ring (bicyclic) bond motifs is 2. The Morgan fingerprint density at radius 2 is 2.03 bits per heavy atom. The summed E-state index contributed by atoms with van der Waals surface area (Å²) in [6.07, 6.45) is 4.67. The lowest BCUT2D eigenvalue weighted by Gasteiger charge is -2.05. The number of halogens is 1. The fourth-order valence-corrected chi connectivity index (χ4v) is 5.23. The Labute approximate surface area is 177 Å². The Hall–Kier alpha value is -2.99. The van der Waals surface area contributed by atoms with Gasteiger partial charge in [-0.15, -0.1) is 11.3 Å². The van der Waals surface area contributed by atoms with Gasteiger partial charge in [0, 0.05) is 27.8 Å². The number of benzene rings is 2. The van der Waals surface area contributed by atoms with E-state index in [4.69, 9.17) is 14.5 Å². The van der Waals surface area contributed by atoms with E-state index in [1.807, 2.05) is 24.3 Å². The molecule has 152 valence electrons. The Morgan fingerprint density at radius 3 is 2.87 bits per heavy atom. The Bertz CT molecular complexity index is 1240. The molecular weight excluding hydrogens is 401 g/mol. The third kappa shape index (κ3) is 3.63. The number of carboxylic acids is 1. The van der Waals surface area contributed by atoms with Gasteiger partial charge in [-0.3, -0.25) is 4.79 Å². The van der Waals surface area contributed by atoms with Crippen molar-refractivity contribution >= 4 is 28.3 Å². The third-order valence-electron chi connectivity index (χ3n) is 5.51. The minimum absolute atomic E-state index is 0.152. The molecule has 30 heavy (non-hydrogen) atoms. The Morgan fingerprint density at radius 1 is 1.13 bits per heavy atom. The second kappa shape index (κ2) is 7.69. The second-order valence-electron chi connectivity index (χ2n) is 7.66. The lowest BCUT2D eigenvalue weighted by molar-refractivity contribution is -0.137. The summed E-state index contributed by atoms with van der Waals surface area (Å²) in [5.74, 6) is -0.487. The molecule has 2 aromatic carbocycles. The van der Waals surface area contributed by atoms with E-state index >= 15 is 0 Å². The molecule has 2 heterocycles. The number of furan rings is 1. The van der Waals surface area contributed by atoms with Gasteiger partial charge >= 0.3 is 5.97 Å². The zero-order chi connectivity index (χ0) is 20.7. The average Bonchev–Trinajstić information content (AvgIpc) is 3.41. The number of carbonyl (C=O) groups is 1. The van der Waals surface area contributed by atoms with Gasteiger partial charge in [0.1, 0.15) is 22.2 Å². The van der Waals surface area contributed by atoms with Gasteiger partial charge in [-0.05, 0) is 74.1 Å². The van der Waals surface area contributed by atoms with Crippen LogP contribution < -0.4 is 0 Å². The van der Waals surface area contributed by atoms with E-state index in [9.17, 15) is 9.18 Å². The van der Waals surface area contributed by atoms with Crippen LogP contribution in [0, 0.1) is 5.82 Å². The highest BCUT2D eigenvalue weighted by molar-refractivity contribution is 7.15. The van der Waals surface area contributed by atoms with Crippen LogP contribution in [0.5, 0.6) is 0 Å². The maximum atomic E-state index is 14.1. The molecule has 0 spiro atoms. The molecule has 1 N–H and O–H groups in total. The molecule has 2 aromatic heterocycles. The quantitative estimate of drug-likeness (QED) is 0.399. The number of carboxylic acid groups (broad SMARTS) is 1. The van der Waals surface area contributed by atoms with E-state index < -0.39 is 5.97 Å². The van der Waals surface area contributed by atoms with Crippen LogP contribution in [-0.4, -0.2) is 16.1 Å². The van der Waals surface area contributed by atoms with Crippen molar-refractivity contribution in [1.82, 2.24) is 4.98 Å². The molecule has 0 fully saturated rings. The summed E-state index contributed by atoms with van der Waals surface area (Å²) in [4.78, 5) is 16.9. The van der Waals surface area contributed by atoms with Crippen molar-refractivity contribution in [3.8, 4) is 21.9 Å². The molecule has 5 rings (SSSR count). The van der Waals surface area contributed by atoms with E-state index in [2.05, 4.69) is 0 Å². The fraction of sp³-hybridized carbons (Fsp3) is 0.250. The number of rotatable bonds is 6. The number of aryl methyl sites for hydroxylation is 3. The number of hydrogen-bond acceptors (Lipinski definition) is 4. The highest BCUT2D eigenvalue weighted by Crippen LogP contribution is 2.40. The zero-order valence-electron chi connectivity index (χ0n) is 16.3. The molecule has 0 saturated carbocycles. The highest BCUT2D eigenvalue weighted by Gasteiger charge is 2.21. The first kappa shape index (κ1) is 19.0. The van der Waals surface area contributed by atoms with E-state index in [1.165, 1.54) is 22.7 Å². The van der Waals surface area contributed by atoms with Crippen molar-refractivity contribution in [2.45, 2.75) is 38.5 Å². The van der Waals surface area contributed by atoms with Gasteiger partial charge in [0.2, 0.25) is 0 Å². The summed E-state index contributed by atoms with van der Waals surface area (Å²) in [6, 6.07) is 12.5. The number of aromatic nitrogens is 1. The molecule has 4 aromatic rings. The second-order valence-corrected chi connectivity index (χ2v) is 8.75. The van der Waals surface area contributed by atoms with Crippen molar-refractivity contribution in [2.24, 2.45) is 0 Å². The predicted octanol–water partition coefficient (Wildman–Crippen LogP) is 6.26. The molecule has 0 aliphatic heterocycles. The van der Waals surface area contributed by atoms with Crippen LogP contribution in [0.3, 0.4) is 0 Å². The molecule has 0 atom stereocenters. The van der Waals surface area contributed by atoms with Gasteiger partial charge < -0.3 is 9.52 Å². The molecule has 1 aliphatic rings. The summed E-state index contributed by atoms with van der Waals surface area (Å²) in [6.45, 7) is 0. The van der Waals surface area contributed by atoms with Crippen LogP contribution in [-0.2, 0) is 24.1 Å².